The number of rotatable bonds is 19. The normalized spacial score (nSPS) is 20.4. The number of sulfonamides is 1. The van der Waals surface area contributed by atoms with E-state index in [0.717, 1.165) is 94.1 Å². The molecule has 0 saturated carbocycles. The summed E-state index contributed by atoms with van der Waals surface area (Å²) in [7, 11) is -11.0. The zero-order chi connectivity index (χ0) is 53.4. The molecule has 2 unspecified atom stereocenters. The van der Waals surface area contributed by atoms with Crippen molar-refractivity contribution in [3.8, 4) is 0 Å². The van der Waals surface area contributed by atoms with Crippen molar-refractivity contribution in [1.29, 1.82) is 0 Å². The molecule has 0 spiro atoms. The fourth-order valence-electron chi connectivity index (χ4n) is 10.5. The highest BCUT2D eigenvalue weighted by molar-refractivity contribution is 7.99. The van der Waals surface area contributed by atoms with Crippen molar-refractivity contribution in [3.05, 3.63) is 119 Å². The zero-order valence-corrected chi connectivity index (χ0v) is 45.1. The van der Waals surface area contributed by atoms with Crippen LogP contribution in [0.5, 0.6) is 0 Å². The quantitative estimate of drug-likeness (QED) is 0.0656. The highest BCUT2D eigenvalue weighted by atomic mass is 35.5. The summed E-state index contributed by atoms with van der Waals surface area (Å²) in [6, 6.07) is 25.6. The minimum Gasteiger partial charge on any atom is -0.465 e. The van der Waals surface area contributed by atoms with Gasteiger partial charge in [-0.2, -0.15) is 13.2 Å². The Balaban J connectivity index is 0.908. The van der Waals surface area contributed by atoms with Crippen LogP contribution in [0.15, 0.2) is 117 Å². The Kier molecular flexibility index (Phi) is 18.5. The number of thioether (sulfide) groups is 1. The number of piperazine rings is 1. The molecule has 0 bridgehead atoms. The smallest absolute Gasteiger partial charge is 0.465 e. The number of alkyl halides is 3. The van der Waals surface area contributed by atoms with E-state index in [1.54, 1.807) is 12.1 Å². The monoisotopic (exact) mass is 1120 g/mol. The van der Waals surface area contributed by atoms with Crippen LogP contribution in [0.2, 0.25) is 5.02 Å². The largest absolute Gasteiger partial charge is 0.501 e. The van der Waals surface area contributed by atoms with Crippen LogP contribution in [0.4, 0.5) is 29.3 Å². The Morgan fingerprint density at radius 2 is 1.53 bits per heavy atom. The number of carboxylic acid groups (broad SMARTS) is 1. The van der Waals surface area contributed by atoms with Crippen molar-refractivity contribution >= 4 is 72.2 Å². The third-order valence-corrected chi connectivity index (χ3v) is 18.9. The summed E-state index contributed by atoms with van der Waals surface area (Å²) in [6.45, 7) is 11.7. The second kappa shape index (κ2) is 24.6. The lowest BCUT2D eigenvalue weighted by molar-refractivity contribution is -0.0436. The van der Waals surface area contributed by atoms with E-state index in [2.05, 4.69) is 49.3 Å². The third kappa shape index (κ3) is 15.0. The van der Waals surface area contributed by atoms with Gasteiger partial charge >= 0.3 is 11.6 Å². The molecule has 0 aromatic heterocycles. The van der Waals surface area contributed by atoms with Gasteiger partial charge in [-0.25, -0.2) is 26.4 Å². The number of amides is 2. The lowest BCUT2D eigenvalue weighted by Crippen LogP contribution is -2.48. The predicted octanol–water partition coefficient (Wildman–Crippen LogP) is 8.55. The molecule has 4 aromatic carbocycles. The number of carbonyl (C=O) groups is 2. The summed E-state index contributed by atoms with van der Waals surface area (Å²) in [4.78, 5) is 32.8. The molecule has 3 saturated heterocycles. The first kappa shape index (κ1) is 56.3. The Morgan fingerprint density at radius 3 is 2.19 bits per heavy atom. The number of ether oxygens (including phenoxy) is 1. The van der Waals surface area contributed by atoms with Crippen LogP contribution in [-0.4, -0.2) is 157 Å². The number of morpholine rings is 1. The van der Waals surface area contributed by atoms with E-state index in [-0.39, 0.29) is 17.0 Å². The van der Waals surface area contributed by atoms with Crippen LogP contribution < -0.4 is 20.3 Å². The van der Waals surface area contributed by atoms with Crippen LogP contribution in [0, 0.1) is 5.41 Å². The van der Waals surface area contributed by atoms with Crippen molar-refractivity contribution in [2.45, 2.75) is 77.7 Å². The molecular weight excluding hydrogens is 1050 g/mol. The van der Waals surface area contributed by atoms with Gasteiger partial charge in [-0.3, -0.25) is 14.6 Å². The van der Waals surface area contributed by atoms with Gasteiger partial charge in [-0.05, 0) is 122 Å². The minimum absolute atomic E-state index is 0.0196. The van der Waals surface area contributed by atoms with Crippen molar-refractivity contribution in [1.82, 2.24) is 24.7 Å². The maximum Gasteiger partial charge on any atom is 0.501 e. The summed E-state index contributed by atoms with van der Waals surface area (Å²) in [6.07, 6.45) is 3.92. The second-order valence-electron chi connectivity index (χ2n) is 20.1. The van der Waals surface area contributed by atoms with E-state index in [1.807, 2.05) is 47.2 Å². The fourth-order valence-corrected chi connectivity index (χ4v) is 13.6. The molecular formula is C53H65ClF3N7O8S3. The molecule has 406 valence electrons. The van der Waals surface area contributed by atoms with Crippen molar-refractivity contribution in [2.75, 3.05) is 101 Å². The lowest BCUT2D eigenvalue weighted by Gasteiger charge is -2.44. The number of allylic oxidation sites excluding steroid dienone is 1. The zero-order valence-electron chi connectivity index (χ0n) is 41.9. The molecule has 3 fully saturated rings. The lowest BCUT2D eigenvalue weighted by atomic mass is 9.71. The number of sulfone groups is 1. The Morgan fingerprint density at radius 1 is 0.853 bits per heavy atom. The maximum atomic E-state index is 14.3. The molecule has 0 radical (unpaired) electrons. The van der Waals surface area contributed by atoms with Gasteiger partial charge in [0.25, 0.3) is 25.8 Å². The number of halogens is 4. The van der Waals surface area contributed by atoms with Gasteiger partial charge in [-0.1, -0.05) is 54.4 Å². The molecule has 3 heterocycles. The van der Waals surface area contributed by atoms with E-state index in [9.17, 15) is 44.7 Å². The first-order valence-corrected chi connectivity index (χ1v) is 29.6. The average Bonchev–Trinajstić information content (AvgIpc) is 3.39. The number of carbonyl (C=O) groups excluding carboxylic acids is 1. The highest BCUT2D eigenvalue weighted by Gasteiger charge is 2.48. The summed E-state index contributed by atoms with van der Waals surface area (Å²) >= 11 is 7.73. The average molecular weight is 1120 g/mol. The van der Waals surface area contributed by atoms with Crippen molar-refractivity contribution in [2.24, 2.45) is 5.41 Å². The van der Waals surface area contributed by atoms with Crippen LogP contribution in [0.3, 0.4) is 0 Å². The SMILES string of the molecule is CC1(CN2CCC(NC(=O)O)CC2)CCC(c2ccc(Cl)cc2)=C(CN2CCN(c3ccc(C(=O)NS(=O)(=O)c4ccc(NC(CCN5CCOCC5)CSc5ccccc5)c(S(=O)(=O)C(F)(F)F)c4)cc3)CC2)C1. The Bertz CT molecular complexity index is 2860. The summed E-state index contributed by atoms with van der Waals surface area (Å²) in [5.41, 5.74) is -1.41. The van der Waals surface area contributed by atoms with Crippen molar-refractivity contribution < 1.29 is 49.4 Å². The predicted molar refractivity (Wildman–Crippen MR) is 287 cm³/mol. The van der Waals surface area contributed by atoms with Gasteiger partial charge in [0.05, 0.1) is 23.8 Å². The molecule has 4 aliphatic rings. The van der Waals surface area contributed by atoms with Gasteiger partial charge in [0.15, 0.2) is 0 Å². The molecule has 2 amide bonds. The van der Waals surface area contributed by atoms with Gasteiger partial charge in [0.2, 0.25) is 0 Å². The molecule has 2 atom stereocenters. The van der Waals surface area contributed by atoms with E-state index in [0.29, 0.717) is 69.2 Å². The molecule has 15 nitrogen and oxygen atoms in total. The number of nitrogens with zero attached hydrogens (tertiary/aromatic N) is 4. The maximum absolute atomic E-state index is 14.3. The first-order valence-electron chi connectivity index (χ1n) is 25.3. The van der Waals surface area contributed by atoms with Crippen LogP contribution >= 0.6 is 23.4 Å². The number of hydrogen-bond acceptors (Lipinski definition) is 13. The van der Waals surface area contributed by atoms with Crippen molar-refractivity contribution in [3.63, 3.8) is 0 Å². The van der Waals surface area contributed by atoms with Gasteiger partial charge in [0.1, 0.15) is 4.90 Å². The van der Waals surface area contributed by atoms with E-state index in [1.165, 1.54) is 40.6 Å². The summed E-state index contributed by atoms with van der Waals surface area (Å²) in [5, 5.41) is 15.5. The Labute approximate surface area is 447 Å². The summed E-state index contributed by atoms with van der Waals surface area (Å²) in [5.74, 6) is -0.685. The molecule has 4 aromatic rings. The number of benzene rings is 4. The third-order valence-electron chi connectivity index (χ3n) is 14.6. The van der Waals surface area contributed by atoms with E-state index in [4.69, 9.17) is 16.3 Å². The topological polar surface area (TPSA) is 181 Å². The van der Waals surface area contributed by atoms with Gasteiger partial charge in [-0.15, -0.1) is 11.8 Å². The number of likely N-dealkylation sites (tertiary alicyclic amines) is 1. The van der Waals surface area contributed by atoms with Crippen LogP contribution in [0.1, 0.15) is 61.4 Å². The number of hydrogen-bond donors (Lipinski definition) is 4. The second-order valence-corrected chi connectivity index (χ2v) is 25.3. The molecule has 4 N–H and O–H groups in total. The standard InChI is InChI=1S/C53H65ClF3N7O8S3/c1-52(37-63-23-18-42(19-24-63)59-51(66)67)21-17-47(38-7-11-41(54)12-8-38)40(34-52)35-62-25-27-64(28-26-62)44-13-9-39(10-14-44)50(65)60-75(70,71)46-15-16-48(49(33-46)74(68,69)53(55,56)57)58-43(20-22-61-29-31-72-32-30-61)36-73-45-5-3-2-4-6-45/h2-16,33,42-43,58-59H,17-32,34-37H2,1H3,(H,60,65)(H,66,67). The van der Waals surface area contributed by atoms with Crippen LogP contribution in [-0.2, 0) is 24.6 Å². The summed E-state index contributed by atoms with van der Waals surface area (Å²) < 4.78 is 104. The molecule has 75 heavy (non-hydrogen) atoms. The Hall–Kier alpha value is -4.87. The number of nitrogens with one attached hydrogen (secondary N) is 3. The van der Waals surface area contributed by atoms with E-state index >= 15 is 0 Å². The minimum atomic E-state index is -6.08. The number of anilines is 2. The van der Waals surface area contributed by atoms with E-state index < -0.39 is 58.9 Å². The molecule has 8 rings (SSSR count). The number of piperidine rings is 1. The molecule has 3 aliphatic heterocycles. The van der Waals surface area contributed by atoms with Gasteiger partial charge in [0, 0.05) is 111 Å². The van der Waals surface area contributed by atoms with Crippen LogP contribution in [0.25, 0.3) is 5.57 Å². The van der Waals surface area contributed by atoms with Gasteiger partial charge < -0.3 is 30.3 Å². The fraction of sp³-hybridized carbons (Fsp3) is 0.472. The highest BCUT2D eigenvalue weighted by Crippen LogP contribution is 2.44. The molecule has 1 aliphatic carbocycles. The molecule has 22 heteroatoms. The first-order chi connectivity index (χ1) is 35.7.